The lowest BCUT2D eigenvalue weighted by Crippen LogP contribution is -2.31. The van der Waals surface area contributed by atoms with E-state index in [1.807, 2.05) is 36.4 Å². The Labute approximate surface area is 197 Å². The van der Waals surface area contributed by atoms with E-state index >= 15 is 0 Å². The number of ether oxygens (including phenoxy) is 1. The summed E-state index contributed by atoms with van der Waals surface area (Å²) in [6.45, 7) is 0.994. The second-order valence-electron chi connectivity index (χ2n) is 7.98. The molecule has 7 nitrogen and oxygen atoms in total. The monoisotopic (exact) mass is 464 g/mol. The Bertz CT molecular complexity index is 1160. The third-order valence-electron chi connectivity index (χ3n) is 5.76. The lowest BCUT2D eigenvalue weighted by Gasteiger charge is -2.22. The molecule has 0 fully saturated rings. The highest BCUT2D eigenvalue weighted by Gasteiger charge is 2.21. The van der Waals surface area contributed by atoms with E-state index in [0.29, 0.717) is 24.5 Å². The van der Waals surface area contributed by atoms with Gasteiger partial charge in [0, 0.05) is 30.2 Å². The van der Waals surface area contributed by atoms with Crippen LogP contribution in [0.2, 0.25) is 0 Å². The molecule has 1 aromatic carbocycles. The Hall–Kier alpha value is -3.13. The maximum Gasteiger partial charge on any atom is 0.349 e. The number of amides is 1. The van der Waals surface area contributed by atoms with E-state index in [-0.39, 0.29) is 17.3 Å². The molecule has 1 aliphatic carbocycles. The second-order valence-corrected chi connectivity index (χ2v) is 8.94. The van der Waals surface area contributed by atoms with E-state index in [4.69, 9.17) is 4.74 Å². The molecule has 3 aromatic rings. The molecule has 4 rings (SSSR count). The van der Waals surface area contributed by atoms with E-state index in [2.05, 4.69) is 15.3 Å². The van der Waals surface area contributed by atoms with Crippen molar-refractivity contribution in [2.45, 2.75) is 43.7 Å². The van der Waals surface area contributed by atoms with Crippen molar-refractivity contribution in [3.05, 3.63) is 81.7 Å². The van der Waals surface area contributed by atoms with Crippen molar-refractivity contribution in [2.75, 3.05) is 19.4 Å². The van der Waals surface area contributed by atoms with Crippen LogP contribution >= 0.6 is 11.8 Å². The highest BCUT2D eigenvalue weighted by molar-refractivity contribution is 7.99. The van der Waals surface area contributed by atoms with Crippen LogP contribution in [0.25, 0.3) is 0 Å². The molecular formula is C25H28N4O3S. The molecule has 0 saturated heterocycles. The summed E-state index contributed by atoms with van der Waals surface area (Å²) in [4.78, 5) is 33.8. The molecule has 0 radical (unpaired) electrons. The van der Waals surface area contributed by atoms with Gasteiger partial charge in [-0.05, 0) is 55.4 Å². The van der Waals surface area contributed by atoms with Gasteiger partial charge in [-0.15, -0.1) is 0 Å². The van der Waals surface area contributed by atoms with Crippen LogP contribution in [0, 0.1) is 0 Å². The standard InChI is InChI=1S/C25H28N4O3S/c1-32-22-11-5-2-8-19(22)12-14-27-23(30)17-33-24-20-9-3-4-10-21(20)29(25(31)28-24)16-18-7-6-13-26-15-18/h2,5-8,11,13,15H,3-4,9-10,12,14,16-17H2,1H3,(H,27,30). The van der Waals surface area contributed by atoms with Crippen molar-refractivity contribution in [2.24, 2.45) is 0 Å². The van der Waals surface area contributed by atoms with Crippen LogP contribution in [0.15, 0.2) is 58.6 Å². The lowest BCUT2D eigenvalue weighted by atomic mass is 9.97. The Kier molecular flexibility index (Phi) is 7.78. The van der Waals surface area contributed by atoms with E-state index in [0.717, 1.165) is 53.8 Å². The maximum absolute atomic E-state index is 12.9. The quantitative estimate of drug-likeness (QED) is 0.387. The Morgan fingerprint density at radius 3 is 2.85 bits per heavy atom. The minimum absolute atomic E-state index is 0.0687. The van der Waals surface area contributed by atoms with Crippen LogP contribution < -0.4 is 15.7 Å². The van der Waals surface area contributed by atoms with Crippen LogP contribution in [0.5, 0.6) is 5.75 Å². The number of fused-ring (bicyclic) bond motifs is 1. The molecule has 0 aliphatic heterocycles. The van der Waals surface area contributed by atoms with Crippen molar-refractivity contribution in [3.63, 3.8) is 0 Å². The zero-order valence-corrected chi connectivity index (χ0v) is 19.6. The van der Waals surface area contributed by atoms with Gasteiger partial charge in [-0.3, -0.25) is 14.3 Å². The van der Waals surface area contributed by atoms with Gasteiger partial charge >= 0.3 is 5.69 Å². The number of pyridine rings is 1. The maximum atomic E-state index is 12.9. The van der Waals surface area contributed by atoms with Crippen LogP contribution in [0.4, 0.5) is 0 Å². The van der Waals surface area contributed by atoms with Crippen molar-refractivity contribution in [3.8, 4) is 5.75 Å². The summed E-state index contributed by atoms with van der Waals surface area (Å²) in [5.41, 5.74) is 3.92. The second kappa shape index (κ2) is 11.1. The molecule has 2 heterocycles. The summed E-state index contributed by atoms with van der Waals surface area (Å²) in [5.74, 6) is 0.988. The molecule has 0 spiro atoms. The van der Waals surface area contributed by atoms with Crippen molar-refractivity contribution in [1.82, 2.24) is 19.9 Å². The number of rotatable bonds is 9. The predicted molar refractivity (Wildman–Crippen MR) is 129 cm³/mol. The Morgan fingerprint density at radius 2 is 2.03 bits per heavy atom. The average molecular weight is 465 g/mol. The van der Waals surface area contributed by atoms with Crippen molar-refractivity contribution < 1.29 is 9.53 Å². The molecule has 2 aromatic heterocycles. The van der Waals surface area contributed by atoms with E-state index in [1.54, 1.807) is 24.1 Å². The summed E-state index contributed by atoms with van der Waals surface area (Å²) >= 11 is 1.35. The van der Waals surface area contributed by atoms with Gasteiger partial charge in [0.25, 0.3) is 0 Å². The van der Waals surface area contributed by atoms with E-state index in [9.17, 15) is 9.59 Å². The topological polar surface area (TPSA) is 86.1 Å². The van der Waals surface area contributed by atoms with E-state index < -0.39 is 0 Å². The summed E-state index contributed by atoms with van der Waals surface area (Å²) in [6, 6.07) is 11.6. The van der Waals surface area contributed by atoms with Gasteiger partial charge in [-0.25, -0.2) is 4.79 Å². The number of nitrogens with one attached hydrogen (secondary N) is 1. The minimum Gasteiger partial charge on any atom is -0.496 e. The van der Waals surface area contributed by atoms with Gasteiger partial charge in [-0.2, -0.15) is 4.98 Å². The highest BCUT2D eigenvalue weighted by Crippen LogP contribution is 2.28. The van der Waals surface area contributed by atoms with Gasteiger partial charge in [0.05, 0.1) is 19.4 Å². The molecule has 33 heavy (non-hydrogen) atoms. The Morgan fingerprint density at radius 1 is 1.18 bits per heavy atom. The zero-order valence-electron chi connectivity index (χ0n) is 18.8. The summed E-state index contributed by atoms with van der Waals surface area (Å²) in [6.07, 6.45) is 8.05. The van der Waals surface area contributed by atoms with Gasteiger partial charge in [0.1, 0.15) is 10.8 Å². The van der Waals surface area contributed by atoms with E-state index in [1.165, 1.54) is 11.8 Å². The fourth-order valence-electron chi connectivity index (χ4n) is 4.14. The first kappa shape index (κ1) is 23.0. The number of benzene rings is 1. The van der Waals surface area contributed by atoms with Crippen LogP contribution in [-0.2, 0) is 30.6 Å². The molecule has 1 N–H and O–H groups in total. The number of aromatic nitrogens is 3. The summed E-state index contributed by atoms with van der Waals surface area (Å²) in [7, 11) is 1.65. The highest BCUT2D eigenvalue weighted by atomic mass is 32.2. The third-order valence-corrected chi connectivity index (χ3v) is 6.78. The molecule has 0 atom stereocenters. The number of methoxy groups -OCH3 is 1. The van der Waals surface area contributed by atoms with Crippen molar-refractivity contribution in [1.29, 1.82) is 0 Å². The number of carbonyl (C=O) groups is 1. The molecule has 0 unspecified atom stereocenters. The normalized spacial score (nSPS) is 12.8. The number of nitrogens with zero attached hydrogens (tertiary/aromatic N) is 3. The molecule has 1 amide bonds. The first-order valence-corrected chi connectivity index (χ1v) is 12.2. The summed E-state index contributed by atoms with van der Waals surface area (Å²) in [5, 5.41) is 3.65. The minimum atomic E-state index is -0.265. The fourth-order valence-corrected chi connectivity index (χ4v) is 5.04. The van der Waals surface area contributed by atoms with Gasteiger partial charge < -0.3 is 10.1 Å². The summed E-state index contributed by atoms with van der Waals surface area (Å²) < 4.78 is 7.13. The number of thioether (sulfide) groups is 1. The lowest BCUT2D eigenvalue weighted by molar-refractivity contribution is -0.118. The number of hydrogen-bond donors (Lipinski definition) is 1. The molecule has 1 aliphatic rings. The third kappa shape index (κ3) is 5.82. The molecular weight excluding hydrogens is 436 g/mol. The van der Waals surface area contributed by atoms with Crippen LogP contribution in [0.1, 0.15) is 35.2 Å². The number of hydrogen-bond acceptors (Lipinski definition) is 6. The van der Waals surface area contributed by atoms with Crippen LogP contribution in [0.3, 0.4) is 0 Å². The average Bonchev–Trinajstić information content (AvgIpc) is 2.85. The molecule has 172 valence electrons. The molecule has 8 heteroatoms. The van der Waals surface area contributed by atoms with Gasteiger partial charge in [0.15, 0.2) is 0 Å². The fraction of sp³-hybridized carbons (Fsp3) is 0.360. The zero-order chi connectivity index (χ0) is 23.0. The largest absolute Gasteiger partial charge is 0.496 e. The first-order chi connectivity index (χ1) is 16.2. The smallest absolute Gasteiger partial charge is 0.349 e. The van der Waals surface area contributed by atoms with Gasteiger partial charge in [-0.1, -0.05) is 36.0 Å². The van der Waals surface area contributed by atoms with Gasteiger partial charge in [0.2, 0.25) is 5.91 Å². The number of para-hydroxylation sites is 1. The predicted octanol–water partition coefficient (Wildman–Crippen LogP) is 3.03. The Balaban J connectivity index is 1.40. The number of carbonyl (C=O) groups excluding carboxylic acids is 1. The van der Waals surface area contributed by atoms with Crippen molar-refractivity contribution >= 4 is 17.7 Å². The molecule has 0 bridgehead atoms. The van der Waals surface area contributed by atoms with Crippen LogP contribution in [-0.4, -0.2) is 39.8 Å². The molecule has 0 saturated carbocycles. The first-order valence-electron chi connectivity index (χ1n) is 11.2. The SMILES string of the molecule is COc1ccccc1CCNC(=O)CSc1nc(=O)n(Cc2cccnc2)c2c1CCCC2.